The molecule has 0 saturated heterocycles. The highest BCUT2D eigenvalue weighted by Crippen LogP contribution is 2.16. The number of nitrogens with zero attached hydrogens (tertiary/aromatic N) is 1. The van der Waals surface area contributed by atoms with Crippen LogP contribution in [-0.2, 0) is 11.2 Å². The number of aromatic nitrogens is 2. The van der Waals surface area contributed by atoms with Gasteiger partial charge >= 0.3 is 5.97 Å². The Hall–Kier alpha value is -2.10. The van der Waals surface area contributed by atoms with Crippen LogP contribution in [0.15, 0.2) is 30.3 Å². The average molecular weight is 244 g/mol. The predicted molar refractivity (Wildman–Crippen MR) is 68.5 cm³/mol. The van der Waals surface area contributed by atoms with Crippen molar-refractivity contribution in [2.75, 3.05) is 6.61 Å². The van der Waals surface area contributed by atoms with Crippen LogP contribution in [0.5, 0.6) is 0 Å². The maximum absolute atomic E-state index is 11.8. The van der Waals surface area contributed by atoms with Crippen molar-refractivity contribution in [2.24, 2.45) is 0 Å². The molecule has 0 aliphatic carbocycles. The molecule has 1 aromatic heterocycles. The van der Waals surface area contributed by atoms with Crippen molar-refractivity contribution < 1.29 is 9.53 Å². The number of H-pyrrole nitrogens is 1. The molecule has 0 unspecified atom stereocenters. The molecule has 1 aromatic carbocycles. The summed E-state index contributed by atoms with van der Waals surface area (Å²) in [6, 6.07) is 9.99. The summed E-state index contributed by atoms with van der Waals surface area (Å²) in [7, 11) is 0. The molecule has 2 rings (SSSR count). The number of carbonyl (C=O) groups excluding carboxylic acids is 1. The molecule has 0 bridgehead atoms. The Morgan fingerprint density at radius 1 is 1.33 bits per heavy atom. The molecule has 0 radical (unpaired) electrons. The Bertz CT molecular complexity index is 532. The van der Waals surface area contributed by atoms with Crippen molar-refractivity contribution >= 4 is 5.97 Å². The molecular formula is C14H16N2O2. The summed E-state index contributed by atoms with van der Waals surface area (Å²) in [5.74, 6) is -0.343. The fourth-order valence-electron chi connectivity index (χ4n) is 1.84. The van der Waals surface area contributed by atoms with E-state index >= 15 is 0 Å². The standard InChI is InChI=1S/C14H16N2O2/c1-3-18-14(17)13-12(10(2)15-16-13)9-11-7-5-4-6-8-11/h4-8H,3,9H2,1-2H3,(H,15,16). The molecule has 1 N–H and O–H groups in total. The minimum Gasteiger partial charge on any atom is -0.461 e. The average Bonchev–Trinajstić information content (AvgIpc) is 2.73. The second-order valence-electron chi connectivity index (χ2n) is 4.05. The third-order valence-electron chi connectivity index (χ3n) is 2.78. The minimum atomic E-state index is -0.343. The minimum absolute atomic E-state index is 0.343. The smallest absolute Gasteiger partial charge is 0.356 e. The van der Waals surface area contributed by atoms with Crippen LogP contribution in [0.4, 0.5) is 0 Å². The summed E-state index contributed by atoms with van der Waals surface area (Å²) >= 11 is 0. The highest BCUT2D eigenvalue weighted by Gasteiger charge is 2.18. The summed E-state index contributed by atoms with van der Waals surface area (Å²) in [5, 5.41) is 6.84. The number of benzene rings is 1. The van der Waals surface area contributed by atoms with Crippen LogP contribution in [0.25, 0.3) is 0 Å². The van der Waals surface area contributed by atoms with E-state index in [-0.39, 0.29) is 5.97 Å². The van der Waals surface area contributed by atoms with Gasteiger partial charge in [0, 0.05) is 12.0 Å². The van der Waals surface area contributed by atoms with E-state index in [2.05, 4.69) is 10.2 Å². The molecule has 0 amide bonds. The Balaban J connectivity index is 2.27. The van der Waals surface area contributed by atoms with Crippen LogP contribution in [0.1, 0.15) is 34.2 Å². The van der Waals surface area contributed by atoms with E-state index in [1.54, 1.807) is 6.92 Å². The number of aromatic amines is 1. The van der Waals surface area contributed by atoms with Gasteiger partial charge in [0.15, 0.2) is 0 Å². The molecule has 0 aliphatic rings. The fourth-order valence-corrected chi connectivity index (χ4v) is 1.84. The van der Waals surface area contributed by atoms with Gasteiger partial charge < -0.3 is 4.74 Å². The van der Waals surface area contributed by atoms with Gasteiger partial charge in [-0.1, -0.05) is 30.3 Å². The number of carbonyl (C=O) groups is 1. The number of aryl methyl sites for hydroxylation is 1. The molecule has 1 heterocycles. The van der Waals surface area contributed by atoms with Crippen molar-refractivity contribution in [2.45, 2.75) is 20.3 Å². The lowest BCUT2D eigenvalue weighted by molar-refractivity contribution is 0.0518. The summed E-state index contributed by atoms with van der Waals surface area (Å²) in [5.41, 5.74) is 3.34. The summed E-state index contributed by atoms with van der Waals surface area (Å²) in [4.78, 5) is 11.8. The predicted octanol–water partition coefficient (Wildman–Crippen LogP) is 2.49. The van der Waals surface area contributed by atoms with Crippen molar-refractivity contribution in [3.63, 3.8) is 0 Å². The normalized spacial score (nSPS) is 10.3. The molecule has 4 nitrogen and oxygen atoms in total. The van der Waals surface area contributed by atoms with Gasteiger partial charge in [0.2, 0.25) is 0 Å². The lowest BCUT2D eigenvalue weighted by Gasteiger charge is -2.04. The molecule has 0 atom stereocenters. The van der Waals surface area contributed by atoms with Gasteiger partial charge in [-0.25, -0.2) is 4.79 Å². The van der Waals surface area contributed by atoms with E-state index in [0.29, 0.717) is 18.7 Å². The fraction of sp³-hybridized carbons (Fsp3) is 0.286. The van der Waals surface area contributed by atoms with Crippen LogP contribution in [0.3, 0.4) is 0 Å². The zero-order valence-electron chi connectivity index (χ0n) is 10.6. The largest absolute Gasteiger partial charge is 0.461 e. The lowest BCUT2D eigenvalue weighted by atomic mass is 10.0. The topological polar surface area (TPSA) is 55.0 Å². The number of hydrogen-bond donors (Lipinski definition) is 1. The first kappa shape index (κ1) is 12.4. The van der Waals surface area contributed by atoms with Crippen LogP contribution in [-0.4, -0.2) is 22.8 Å². The van der Waals surface area contributed by atoms with Gasteiger partial charge in [0.25, 0.3) is 0 Å². The second kappa shape index (κ2) is 5.49. The van der Waals surface area contributed by atoms with Gasteiger partial charge in [-0.2, -0.15) is 5.10 Å². The quantitative estimate of drug-likeness (QED) is 0.841. The molecule has 18 heavy (non-hydrogen) atoms. The van der Waals surface area contributed by atoms with Crippen LogP contribution in [0.2, 0.25) is 0 Å². The van der Waals surface area contributed by atoms with Crippen molar-refractivity contribution in [1.29, 1.82) is 0 Å². The van der Waals surface area contributed by atoms with Crippen molar-refractivity contribution in [3.05, 3.63) is 52.8 Å². The number of nitrogens with one attached hydrogen (secondary N) is 1. The number of rotatable bonds is 4. The van der Waals surface area contributed by atoms with E-state index in [9.17, 15) is 4.79 Å². The van der Waals surface area contributed by atoms with Crippen LogP contribution < -0.4 is 0 Å². The van der Waals surface area contributed by atoms with Crippen molar-refractivity contribution in [3.8, 4) is 0 Å². The summed E-state index contributed by atoms with van der Waals surface area (Å²) in [6.45, 7) is 4.04. The lowest BCUT2D eigenvalue weighted by Crippen LogP contribution is -2.08. The molecule has 2 aromatic rings. The zero-order chi connectivity index (χ0) is 13.0. The third-order valence-corrected chi connectivity index (χ3v) is 2.78. The molecule has 0 fully saturated rings. The molecule has 4 heteroatoms. The van der Waals surface area contributed by atoms with Gasteiger partial charge in [-0.15, -0.1) is 0 Å². The first-order valence-corrected chi connectivity index (χ1v) is 5.97. The SMILES string of the molecule is CCOC(=O)c1[nH]nc(C)c1Cc1ccccc1. The summed E-state index contributed by atoms with van der Waals surface area (Å²) in [6.07, 6.45) is 0.678. The molecule has 94 valence electrons. The van der Waals surface area contributed by atoms with E-state index < -0.39 is 0 Å². The Morgan fingerprint density at radius 3 is 2.72 bits per heavy atom. The maximum Gasteiger partial charge on any atom is 0.356 e. The second-order valence-corrected chi connectivity index (χ2v) is 4.05. The number of esters is 1. The van der Waals surface area contributed by atoms with E-state index in [1.807, 2.05) is 37.3 Å². The maximum atomic E-state index is 11.8. The van der Waals surface area contributed by atoms with Crippen molar-refractivity contribution in [1.82, 2.24) is 10.2 Å². The number of hydrogen-bond acceptors (Lipinski definition) is 3. The molecule has 0 spiro atoms. The highest BCUT2D eigenvalue weighted by molar-refractivity contribution is 5.89. The molecule has 0 saturated carbocycles. The Labute approximate surface area is 106 Å². The van der Waals surface area contributed by atoms with E-state index in [1.165, 1.54) is 0 Å². The highest BCUT2D eigenvalue weighted by atomic mass is 16.5. The van der Waals surface area contributed by atoms with Crippen LogP contribution in [0, 0.1) is 6.92 Å². The molecular weight excluding hydrogens is 228 g/mol. The van der Waals surface area contributed by atoms with E-state index in [4.69, 9.17) is 4.74 Å². The number of ether oxygens (including phenoxy) is 1. The molecule has 0 aliphatic heterocycles. The first-order valence-electron chi connectivity index (χ1n) is 5.97. The zero-order valence-corrected chi connectivity index (χ0v) is 10.6. The van der Waals surface area contributed by atoms with Crippen LogP contribution >= 0.6 is 0 Å². The van der Waals surface area contributed by atoms with Gasteiger partial charge in [-0.05, 0) is 19.4 Å². The van der Waals surface area contributed by atoms with E-state index in [0.717, 1.165) is 16.8 Å². The Morgan fingerprint density at radius 2 is 2.06 bits per heavy atom. The van der Waals surface area contributed by atoms with Gasteiger partial charge in [0.1, 0.15) is 5.69 Å². The summed E-state index contributed by atoms with van der Waals surface area (Å²) < 4.78 is 5.01. The van der Waals surface area contributed by atoms with Gasteiger partial charge in [-0.3, -0.25) is 5.10 Å². The van der Waals surface area contributed by atoms with Gasteiger partial charge in [0.05, 0.1) is 12.3 Å². The third kappa shape index (κ3) is 2.59. The Kier molecular flexibility index (Phi) is 3.77. The first-order chi connectivity index (χ1) is 8.72. The monoisotopic (exact) mass is 244 g/mol.